The van der Waals surface area contributed by atoms with Crippen molar-refractivity contribution in [2.24, 2.45) is 103 Å². The van der Waals surface area contributed by atoms with E-state index in [1.54, 1.807) is 27.7 Å². The van der Waals surface area contributed by atoms with Gasteiger partial charge in [0.15, 0.2) is 12.2 Å². The highest BCUT2D eigenvalue weighted by molar-refractivity contribution is 5.81. The van der Waals surface area contributed by atoms with E-state index < -0.39 is 168 Å². The molecule has 42 nitrogen and oxygen atoms in total. The lowest BCUT2D eigenvalue weighted by Crippen LogP contribution is -2.44. The fraction of sp³-hybridized carbons (Fsp3) is 0.705. The Morgan fingerprint density at radius 1 is 0.262 bits per heavy atom. The van der Waals surface area contributed by atoms with Crippen molar-refractivity contribution < 1.29 is 144 Å². The largest absolute Gasteiger partial charge is 0.461 e. The van der Waals surface area contributed by atoms with Crippen LogP contribution in [0.5, 0.6) is 0 Å². The average molecular weight is 1860 g/mol. The Morgan fingerprint density at radius 3 is 0.646 bits per heavy atom. The maximum atomic E-state index is 11.9. The highest BCUT2D eigenvalue weighted by Crippen LogP contribution is 2.20. The molecule has 0 saturated carbocycles. The summed E-state index contributed by atoms with van der Waals surface area (Å²) >= 11 is 0. The fourth-order valence-corrected chi connectivity index (χ4v) is 8.49. The van der Waals surface area contributed by atoms with Crippen LogP contribution in [0.2, 0.25) is 0 Å². The third-order valence-corrected chi connectivity index (χ3v) is 17.2. The predicted octanol–water partition coefficient (Wildman–Crippen LogP) is 0.821. The van der Waals surface area contributed by atoms with Gasteiger partial charge in [-0.25, -0.2) is 9.59 Å². The molecule has 42 heteroatoms. The molecule has 26 N–H and O–H groups in total. The third kappa shape index (κ3) is 67.6. The topological polar surface area (TPSA) is 721 Å². The highest BCUT2D eigenvalue weighted by Gasteiger charge is 2.32. The number of hydrogen-bond acceptors (Lipinski definition) is 42. The van der Waals surface area contributed by atoms with E-state index in [2.05, 4.69) is 18.9 Å². The first-order valence-electron chi connectivity index (χ1n) is 43.3. The SMILES string of the molecule is CC(C)(C)C(N)C(=O)OCCOC(=O)C(N)C(C)(C)C.CC(C)C(N)C(=O)OCCOC(=O)C(N)C(C)C.CC(C)CC(N)C(=O)OCCOC(=O)C(N)CC(C)C.CC(N)C(=O)OCCOC(=O)C(C)N.CCC(N)C(=O)OCCOC(=O)C(N)CC.CCC(O)C(=O)OCCOC(=O)C(O)CC.NC(Cc1ccccc1)C(=O)OCCOC(=O)C(N)Cc1ccccc1. The van der Waals surface area contributed by atoms with Crippen LogP contribution in [0.25, 0.3) is 0 Å². The van der Waals surface area contributed by atoms with Crippen molar-refractivity contribution in [2.75, 3.05) is 92.5 Å². The van der Waals surface area contributed by atoms with Crippen molar-refractivity contribution in [3.63, 3.8) is 0 Å². The Morgan fingerprint density at radius 2 is 0.454 bits per heavy atom. The number of rotatable bonds is 49. The molecule has 2 aromatic carbocycles. The number of carbonyl (C=O) groups excluding carboxylic acids is 14. The van der Waals surface area contributed by atoms with E-state index in [4.69, 9.17) is 126 Å². The lowest BCUT2D eigenvalue weighted by Gasteiger charge is -2.26. The van der Waals surface area contributed by atoms with E-state index in [1.165, 1.54) is 13.8 Å². The number of aliphatic hydroxyl groups excluding tert-OH is 2. The standard InChI is InChI=1S/C20H24N2O4.2C14H28N2O4.C12H24N2O4.C10H20N2O4.C10H18O6.C8H16N2O4/c21-17(13-15-7-3-1-4-8-15)19(23)25-11-12-26-20(24)18(22)14-16-9-5-2-6-10-16;1-13(2,3)9(15)11(17)19-7-8-20-12(18)10(16)14(4,5)6;1-9(2)7-11(15)13(17)19-5-6-20-14(18)12(16)8-10(3)4;1-7(2)9(13)11(15)17-5-6-18-12(16)10(14)8(3)4;2*1-3-7(11)9(13)15-5-6-16-10(14)8(12)4-2;1-5(9)7(11)13-3-4-14-8(12)6(2)10/h1-10,17-18H,11-14,21-22H2;9-10H,7-8,15-16H2,1-6H3;9-12H,5-8,15-16H2,1-4H3;7-10H,5-6,13-14H2,1-4H3;7-8H,3-6,11-12H2,1-2H3;7-8,11-12H,3-6H2,1-2H3;5-6H,3-4,9-10H2,1-2H3. The van der Waals surface area contributed by atoms with Crippen molar-refractivity contribution in [2.45, 2.75) is 275 Å². The van der Waals surface area contributed by atoms with E-state index >= 15 is 0 Å². The van der Waals surface area contributed by atoms with Gasteiger partial charge in [0, 0.05) is 0 Å². The molecule has 0 radical (unpaired) electrons. The Hall–Kier alpha value is -9.54. The van der Waals surface area contributed by atoms with E-state index in [-0.39, 0.29) is 128 Å². The first-order valence-corrected chi connectivity index (χ1v) is 43.3. The molecule has 750 valence electrons. The van der Waals surface area contributed by atoms with Gasteiger partial charge in [0.2, 0.25) is 0 Å². The lowest BCUT2D eigenvalue weighted by atomic mass is 9.87. The van der Waals surface area contributed by atoms with Crippen LogP contribution in [0.3, 0.4) is 0 Å². The molecule has 0 bridgehead atoms. The zero-order valence-electron chi connectivity index (χ0n) is 80.0. The van der Waals surface area contributed by atoms with Crippen LogP contribution >= 0.6 is 0 Å². The molecule has 14 unspecified atom stereocenters. The fourth-order valence-electron chi connectivity index (χ4n) is 8.49. The number of benzene rings is 2. The first kappa shape index (κ1) is 129. The van der Waals surface area contributed by atoms with Gasteiger partial charge in [0.05, 0.1) is 0 Å². The van der Waals surface area contributed by atoms with Crippen molar-refractivity contribution in [3.8, 4) is 0 Å². The van der Waals surface area contributed by atoms with Gasteiger partial charge in [-0.15, -0.1) is 0 Å². The second-order valence-electron chi connectivity index (χ2n) is 33.1. The molecule has 2 rings (SSSR count). The minimum Gasteiger partial charge on any atom is -0.461 e. The molecular formula is C88H158N12O30. The van der Waals surface area contributed by atoms with Crippen molar-refractivity contribution in [1.82, 2.24) is 0 Å². The zero-order chi connectivity index (χ0) is 101. The van der Waals surface area contributed by atoms with Crippen molar-refractivity contribution >= 4 is 83.6 Å². The molecule has 0 aliphatic carbocycles. The molecule has 0 spiro atoms. The maximum absolute atomic E-state index is 11.9. The molecule has 2 aromatic rings. The smallest absolute Gasteiger partial charge is 0.335 e. The predicted molar refractivity (Wildman–Crippen MR) is 481 cm³/mol. The molecular weight excluding hydrogens is 1710 g/mol. The number of carbonyl (C=O) groups is 14. The lowest BCUT2D eigenvalue weighted by molar-refractivity contribution is -0.162. The van der Waals surface area contributed by atoms with Crippen LogP contribution in [-0.2, 0) is 146 Å². The first-order chi connectivity index (χ1) is 60.4. The maximum Gasteiger partial charge on any atom is 0.335 e. The molecule has 0 heterocycles. The van der Waals surface area contributed by atoms with Gasteiger partial charge >= 0.3 is 83.6 Å². The van der Waals surface area contributed by atoms with E-state index in [1.807, 2.05) is 158 Å². The van der Waals surface area contributed by atoms with Crippen molar-refractivity contribution in [3.05, 3.63) is 71.8 Å². The number of hydrogen-bond donors (Lipinski definition) is 14. The molecule has 0 aliphatic rings. The normalized spacial score (nSPS) is 14.1. The molecule has 0 aliphatic heterocycles. The summed E-state index contributed by atoms with van der Waals surface area (Å²) in [4.78, 5) is 158. The molecule has 14 atom stereocenters. The number of nitrogens with two attached hydrogens (primary N) is 12. The van der Waals surface area contributed by atoms with E-state index in [0.717, 1.165) is 11.1 Å². The van der Waals surface area contributed by atoms with E-state index in [9.17, 15) is 67.1 Å². The molecule has 0 aromatic heterocycles. The second kappa shape index (κ2) is 74.0. The highest BCUT2D eigenvalue weighted by atomic mass is 16.6. The summed E-state index contributed by atoms with van der Waals surface area (Å²) in [6.07, 6.45) is 1.20. The Kier molecular flexibility index (Phi) is 73.5. The van der Waals surface area contributed by atoms with Gasteiger partial charge in [0.25, 0.3) is 0 Å². The van der Waals surface area contributed by atoms with E-state index in [0.29, 0.717) is 50.4 Å². The summed E-state index contributed by atoms with van der Waals surface area (Å²) in [5, 5.41) is 18.1. The molecule has 0 amide bonds. The Labute approximate surface area is 766 Å². The Bertz CT molecular complexity index is 3230. The average Bonchev–Trinajstić information content (AvgIpc) is 0.855. The number of esters is 14. The quantitative estimate of drug-likeness (QED) is 0.0248. The molecule has 0 fully saturated rings. The van der Waals surface area contributed by atoms with Crippen LogP contribution in [0.15, 0.2) is 60.7 Å². The Balaban J connectivity index is -0.000000472. The number of ether oxygens (including phenoxy) is 14. The van der Waals surface area contributed by atoms with Crippen molar-refractivity contribution in [1.29, 1.82) is 0 Å². The summed E-state index contributed by atoms with van der Waals surface area (Å²) in [6.45, 7) is 35.8. The number of aliphatic hydroxyl groups is 2. The van der Waals surface area contributed by atoms with Crippen LogP contribution in [0.1, 0.15) is 188 Å². The summed E-state index contributed by atoms with van der Waals surface area (Å²) < 4.78 is 67.7. The summed E-state index contributed by atoms with van der Waals surface area (Å²) in [7, 11) is 0. The third-order valence-electron chi connectivity index (χ3n) is 17.2. The van der Waals surface area contributed by atoms with Gasteiger partial charge in [-0.05, 0) is 111 Å². The van der Waals surface area contributed by atoms with Gasteiger partial charge in [-0.1, -0.05) is 185 Å². The summed E-state index contributed by atoms with van der Waals surface area (Å²) in [6, 6.07) is 10.8. The summed E-state index contributed by atoms with van der Waals surface area (Å²) in [5.74, 6) is -6.84. The molecule has 0 saturated heterocycles. The van der Waals surface area contributed by atoms with Crippen LogP contribution in [0.4, 0.5) is 0 Å². The van der Waals surface area contributed by atoms with Crippen LogP contribution in [0, 0.1) is 34.5 Å². The molecule has 130 heavy (non-hydrogen) atoms. The summed E-state index contributed by atoms with van der Waals surface area (Å²) in [5.41, 5.74) is 68.1. The van der Waals surface area contributed by atoms with Gasteiger partial charge in [0.1, 0.15) is 165 Å². The monoisotopic (exact) mass is 1860 g/mol. The van der Waals surface area contributed by atoms with Gasteiger partial charge in [-0.3, -0.25) is 57.5 Å². The minimum atomic E-state index is -1.14. The van der Waals surface area contributed by atoms with Gasteiger partial charge < -0.3 is 145 Å². The van der Waals surface area contributed by atoms with Gasteiger partial charge in [-0.2, -0.15) is 0 Å². The van der Waals surface area contributed by atoms with Crippen LogP contribution < -0.4 is 68.8 Å². The minimum absolute atomic E-state index is 0.00116. The van der Waals surface area contributed by atoms with Crippen LogP contribution in [-0.4, -0.2) is 271 Å². The second-order valence-corrected chi connectivity index (χ2v) is 33.1. The zero-order valence-corrected chi connectivity index (χ0v) is 80.0.